The van der Waals surface area contributed by atoms with E-state index in [1.54, 1.807) is 0 Å². The van der Waals surface area contributed by atoms with Crippen LogP contribution in [-0.2, 0) is 6.42 Å². The van der Waals surface area contributed by atoms with Crippen molar-refractivity contribution >= 4 is 35.2 Å². The lowest BCUT2D eigenvalue weighted by Crippen LogP contribution is -2.23. The van der Waals surface area contributed by atoms with Gasteiger partial charge in [0.2, 0.25) is 0 Å². The molecule has 0 radical (unpaired) electrons. The van der Waals surface area contributed by atoms with Crippen molar-refractivity contribution in [3.63, 3.8) is 0 Å². The highest BCUT2D eigenvalue weighted by molar-refractivity contribution is 7.80. The number of para-hydroxylation sites is 2. The molecule has 0 bridgehead atoms. The van der Waals surface area contributed by atoms with Crippen molar-refractivity contribution in [2.24, 2.45) is 0 Å². The van der Waals surface area contributed by atoms with Gasteiger partial charge >= 0.3 is 0 Å². The van der Waals surface area contributed by atoms with Crippen molar-refractivity contribution in [1.82, 2.24) is 0 Å². The van der Waals surface area contributed by atoms with E-state index in [0.717, 1.165) is 6.42 Å². The first-order valence-corrected chi connectivity index (χ1v) is 11.5. The second kappa shape index (κ2) is 9.07. The summed E-state index contributed by atoms with van der Waals surface area (Å²) in [4.78, 5) is 0. The molecule has 4 aromatic rings. The van der Waals surface area contributed by atoms with Gasteiger partial charge in [0, 0.05) is 11.0 Å². The second-order valence-electron chi connectivity index (χ2n) is 7.11. The molecule has 4 aromatic carbocycles. The van der Waals surface area contributed by atoms with E-state index in [-0.39, 0.29) is 0 Å². The lowest BCUT2D eigenvalue weighted by atomic mass is 10.1. The largest absolute Gasteiger partial charge is 0.355 e. The molecule has 1 nitrogen and oxygen atoms in total. The van der Waals surface area contributed by atoms with Crippen molar-refractivity contribution in [1.29, 1.82) is 0 Å². The summed E-state index contributed by atoms with van der Waals surface area (Å²) in [5.41, 5.74) is 5.03. The summed E-state index contributed by atoms with van der Waals surface area (Å²) >= 11 is 0. The number of nitrogens with one attached hydrogen (secondary N) is 1. The Hall–Kier alpha value is -2.89. The van der Waals surface area contributed by atoms with Crippen LogP contribution >= 0.6 is 7.92 Å². The molecule has 0 aliphatic heterocycles. The Morgan fingerprint density at radius 2 is 1.24 bits per heavy atom. The topological polar surface area (TPSA) is 12.0 Å². The molecule has 1 N–H and O–H groups in total. The predicted octanol–water partition coefficient (Wildman–Crippen LogP) is 6.06. The number of hydrogen-bond donors (Lipinski definition) is 1. The molecule has 2 heteroatoms. The van der Waals surface area contributed by atoms with Crippen molar-refractivity contribution in [2.75, 3.05) is 5.32 Å². The molecule has 4 rings (SSSR count). The molecule has 0 atom stereocenters. The third-order valence-electron chi connectivity index (χ3n) is 5.18. The SMILES string of the molecule is CCc1cccc(P(c2ccccc2)c2ccccc2)c1Nc1ccccc1C. The zero-order valence-corrected chi connectivity index (χ0v) is 17.9. The molecule has 0 saturated carbocycles. The van der Waals surface area contributed by atoms with Crippen LogP contribution in [0.5, 0.6) is 0 Å². The second-order valence-corrected chi connectivity index (χ2v) is 9.30. The molecule has 29 heavy (non-hydrogen) atoms. The van der Waals surface area contributed by atoms with E-state index in [4.69, 9.17) is 0 Å². The lowest BCUT2D eigenvalue weighted by molar-refractivity contribution is 1.14. The summed E-state index contributed by atoms with van der Waals surface area (Å²) in [7, 11) is -0.657. The Balaban J connectivity index is 1.90. The fourth-order valence-electron chi connectivity index (χ4n) is 3.64. The fourth-order valence-corrected chi connectivity index (χ4v) is 6.09. The average Bonchev–Trinajstić information content (AvgIpc) is 2.78. The molecule has 0 heterocycles. The maximum absolute atomic E-state index is 3.80. The van der Waals surface area contributed by atoms with Crippen molar-refractivity contribution in [3.05, 3.63) is 114 Å². The first-order valence-electron chi connectivity index (χ1n) is 10.1. The Bertz CT molecular complexity index is 1030. The smallest absolute Gasteiger partial charge is 0.0501 e. The molecule has 144 valence electrons. The first-order chi connectivity index (χ1) is 14.3. The summed E-state index contributed by atoms with van der Waals surface area (Å²) in [6.07, 6.45) is 0.995. The van der Waals surface area contributed by atoms with Crippen LogP contribution in [0.1, 0.15) is 18.1 Å². The quantitative estimate of drug-likeness (QED) is 0.391. The first kappa shape index (κ1) is 19.4. The Labute approximate surface area is 175 Å². The zero-order chi connectivity index (χ0) is 20.1. The van der Waals surface area contributed by atoms with Gasteiger partial charge in [-0.1, -0.05) is 104 Å². The van der Waals surface area contributed by atoms with Crippen LogP contribution < -0.4 is 21.2 Å². The summed E-state index contributed by atoms with van der Waals surface area (Å²) in [6, 6.07) is 37.1. The number of benzene rings is 4. The number of anilines is 2. The van der Waals surface area contributed by atoms with Crippen LogP contribution in [0.3, 0.4) is 0 Å². The minimum absolute atomic E-state index is 0.657. The predicted molar refractivity (Wildman–Crippen MR) is 129 cm³/mol. The van der Waals surface area contributed by atoms with E-state index in [1.807, 2.05) is 0 Å². The van der Waals surface area contributed by atoms with E-state index in [0.29, 0.717) is 0 Å². The van der Waals surface area contributed by atoms with Crippen LogP contribution in [0.15, 0.2) is 103 Å². The fraction of sp³-hybridized carbons (Fsp3) is 0.111. The van der Waals surface area contributed by atoms with E-state index >= 15 is 0 Å². The van der Waals surface area contributed by atoms with Crippen molar-refractivity contribution in [2.45, 2.75) is 20.3 Å². The number of aryl methyl sites for hydroxylation is 2. The molecule has 0 fully saturated rings. The van der Waals surface area contributed by atoms with Crippen LogP contribution in [0.2, 0.25) is 0 Å². The van der Waals surface area contributed by atoms with Crippen LogP contribution in [-0.4, -0.2) is 0 Å². The van der Waals surface area contributed by atoms with Gasteiger partial charge in [-0.25, -0.2) is 0 Å². The highest BCUT2D eigenvalue weighted by atomic mass is 31.1. The maximum Gasteiger partial charge on any atom is 0.0501 e. The normalized spacial score (nSPS) is 10.9. The molecule has 0 aliphatic carbocycles. The van der Waals surface area contributed by atoms with Gasteiger partial charge in [0.25, 0.3) is 0 Å². The molecule has 0 amide bonds. The highest BCUT2D eigenvalue weighted by Gasteiger charge is 2.21. The average molecular weight is 395 g/mol. The third kappa shape index (κ3) is 4.26. The van der Waals surface area contributed by atoms with Gasteiger partial charge < -0.3 is 5.32 Å². The minimum atomic E-state index is -0.657. The Morgan fingerprint density at radius 1 is 0.655 bits per heavy atom. The van der Waals surface area contributed by atoms with Crippen LogP contribution in [0.4, 0.5) is 11.4 Å². The molecular formula is C27H26NP. The maximum atomic E-state index is 3.80. The van der Waals surface area contributed by atoms with Crippen molar-refractivity contribution in [3.8, 4) is 0 Å². The van der Waals surface area contributed by atoms with Crippen LogP contribution in [0, 0.1) is 6.92 Å². The molecule has 0 spiro atoms. The lowest BCUT2D eigenvalue weighted by Gasteiger charge is -2.25. The Kier molecular flexibility index (Phi) is 6.08. The van der Waals surface area contributed by atoms with Gasteiger partial charge in [0.15, 0.2) is 0 Å². The van der Waals surface area contributed by atoms with E-state index < -0.39 is 7.92 Å². The number of rotatable bonds is 6. The van der Waals surface area contributed by atoms with E-state index in [1.165, 1.54) is 38.4 Å². The van der Waals surface area contributed by atoms with E-state index in [9.17, 15) is 0 Å². The van der Waals surface area contributed by atoms with Gasteiger partial charge in [0.05, 0.1) is 5.69 Å². The zero-order valence-electron chi connectivity index (χ0n) is 17.0. The van der Waals surface area contributed by atoms with E-state index in [2.05, 4.69) is 122 Å². The Morgan fingerprint density at radius 3 is 1.83 bits per heavy atom. The van der Waals surface area contributed by atoms with Gasteiger partial charge in [-0.3, -0.25) is 0 Å². The molecule has 0 unspecified atom stereocenters. The molecular weight excluding hydrogens is 369 g/mol. The minimum Gasteiger partial charge on any atom is -0.355 e. The summed E-state index contributed by atoms with van der Waals surface area (Å²) in [5, 5.41) is 7.91. The van der Waals surface area contributed by atoms with Crippen LogP contribution in [0.25, 0.3) is 0 Å². The molecule has 0 aromatic heterocycles. The van der Waals surface area contributed by atoms with Gasteiger partial charge in [-0.2, -0.15) is 0 Å². The molecule has 0 aliphatic rings. The highest BCUT2D eigenvalue weighted by Crippen LogP contribution is 2.38. The summed E-state index contributed by atoms with van der Waals surface area (Å²) in [5.74, 6) is 0. The summed E-state index contributed by atoms with van der Waals surface area (Å²) < 4.78 is 0. The van der Waals surface area contributed by atoms with Gasteiger partial charge in [-0.05, 0) is 49.1 Å². The van der Waals surface area contributed by atoms with Gasteiger partial charge in [0.1, 0.15) is 0 Å². The standard InChI is InChI=1S/C27H26NP/c1-3-22-14-12-20-26(27(22)28-25-19-11-10-13-21(25)2)29(23-15-6-4-7-16-23)24-17-8-5-9-18-24/h4-20,28H,3H2,1-2H3. The number of hydrogen-bond acceptors (Lipinski definition) is 1. The molecule has 0 saturated heterocycles. The monoisotopic (exact) mass is 395 g/mol. The third-order valence-corrected chi connectivity index (χ3v) is 7.67. The summed E-state index contributed by atoms with van der Waals surface area (Å²) in [6.45, 7) is 4.39. The van der Waals surface area contributed by atoms with Gasteiger partial charge in [-0.15, -0.1) is 0 Å². The van der Waals surface area contributed by atoms with Crippen molar-refractivity contribution < 1.29 is 0 Å².